The zero-order chi connectivity index (χ0) is 15.6. The van der Waals surface area contributed by atoms with Crippen molar-refractivity contribution in [2.45, 2.75) is 13.3 Å². The molecule has 1 N–H and O–H groups in total. The van der Waals surface area contributed by atoms with E-state index in [4.69, 9.17) is 14.2 Å². The van der Waals surface area contributed by atoms with Crippen molar-refractivity contribution in [3.8, 4) is 17.2 Å². The van der Waals surface area contributed by atoms with Crippen molar-refractivity contribution in [3.63, 3.8) is 0 Å². The first-order chi connectivity index (χ1) is 10.8. The molecule has 0 heterocycles. The summed E-state index contributed by atoms with van der Waals surface area (Å²) in [7, 11) is 1.65. The maximum absolute atomic E-state index is 5.67. The fourth-order valence-corrected chi connectivity index (χ4v) is 1.95. The van der Waals surface area contributed by atoms with Gasteiger partial charge in [-0.25, -0.2) is 0 Å². The second-order valence-corrected chi connectivity index (χ2v) is 4.83. The first kappa shape index (κ1) is 16.0. The van der Waals surface area contributed by atoms with Gasteiger partial charge in [-0.05, 0) is 42.8 Å². The van der Waals surface area contributed by atoms with Gasteiger partial charge in [0, 0.05) is 18.3 Å². The lowest BCUT2D eigenvalue weighted by Gasteiger charge is -2.10. The number of ether oxygens (including phenoxy) is 3. The molecule has 2 aromatic carbocycles. The maximum Gasteiger partial charge on any atom is 0.121 e. The summed E-state index contributed by atoms with van der Waals surface area (Å²) >= 11 is 0. The highest BCUT2D eigenvalue weighted by atomic mass is 16.5. The molecule has 0 atom stereocenters. The van der Waals surface area contributed by atoms with Crippen molar-refractivity contribution in [1.82, 2.24) is 0 Å². The molecule has 0 aromatic heterocycles. The van der Waals surface area contributed by atoms with Gasteiger partial charge in [-0.3, -0.25) is 0 Å². The lowest BCUT2D eigenvalue weighted by Crippen LogP contribution is -2.11. The van der Waals surface area contributed by atoms with Crippen LogP contribution in [-0.4, -0.2) is 26.9 Å². The predicted octanol–water partition coefficient (Wildman–Crippen LogP) is 3.97. The first-order valence-corrected chi connectivity index (χ1v) is 7.55. The zero-order valence-electron chi connectivity index (χ0n) is 13.2. The van der Waals surface area contributed by atoms with E-state index in [1.165, 1.54) is 0 Å². The van der Waals surface area contributed by atoms with Crippen LogP contribution in [0.1, 0.15) is 13.3 Å². The zero-order valence-corrected chi connectivity index (χ0v) is 13.2. The van der Waals surface area contributed by atoms with Crippen LogP contribution >= 0.6 is 0 Å². The predicted molar refractivity (Wildman–Crippen MR) is 89.2 cm³/mol. The summed E-state index contributed by atoms with van der Waals surface area (Å²) in [6.07, 6.45) is 1.01. The Kier molecular flexibility index (Phi) is 6.42. The fourth-order valence-electron chi connectivity index (χ4n) is 1.95. The first-order valence-electron chi connectivity index (χ1n) is 7.55. The second-order valence-electron chi connectivity index (χ2n) is 4.83. The Hall–Kier alpha value is -2.36. The Morgan fingerprint density at radius 2 is 1.59 bits per heavy atom. The van der Waals surface area contributed by atoms with E-state index in [1.807, 2.05) is 48.5 Å². The normalized spacial score (nSPS) is 10.1. The molecule has 118 valence electrons. The summed E-state index contributed by atoms with van der Waals surface area (Å²) in [6, 6.07) is 15.5. The fraction of sp³-hybridized carbons (Fsp3) is 0.333. The van der Waals surface area contributed by atoms with Gasteiger partial charge in [-0.15, -0.1) is 0 Å². The van der Waals surface area contributed by atoms with Crippen LogP contribution in [0.25, 0.3) is 0 Å². The van der Waals surface area contributed by atoms with E-state index < -0.39 is 0 Å². The van der Waals surface area contributed by atoms with Crippen LogP contribution in [0.5, 0.6) is 17.2 Å². The third-order valence-electron chi connectivity index (χ3n) is 3.07. The van der Waals surface area contributed by atoms with Gasteiger partial charge in [0.15, 0.2) is 0 Å². The molecule has 0 amide bonds. The van der Waals surface area contributed by atoms with Crippen molar-refractivity contribution >= 4 is 5.69 Å². The van der Waals surface area contributed by atoms with Crippen molar-refractivity contribution in [3.05, 3.63) is 48.5 Å². The molecule has 4 heteroatoms. The summed E-state index contributed by atoms with van der Waals surface area (Å²) < 4.78 is 16.4. The summed E-state index contributed by atoms with van der Waals surface area (Å²) in [5.41, 5.74) is 1.03. The molecule has 0 spiro atoms. The number of methoxy groups -OCH3 is 1. The SMILES string of the molecule is CCCOc1cccc(NCCOc2ccc(OC)cc2)c1. The number of rotatable bonds is 9. The van der Waals surface area contributed by atoms with E-state index in [-0.39, 0.29) is 0 Å². The Morgan fingerprint density at radius 1 is 0.864 bits per heavy atom. The van der Waals surface area contributed by atoms with Gasteiger partial charge in [0.2, 0.25) is 0 Å². The average Bonchev–Trinajstić information content (AvgIpc) is 2.58. The molecule has 0 bridgehead atoms. The maximum atomic E-state index is 5.67. The summed E-state index contributed by atoms with van der Waals surface area (Å²) in [5, 5.41) is 3.32. The third kappa shape index (κ3) is 5.20. The van der Waals surface area contributed by atoms with Crippen molar-refractivity contribution in [2.75, 3.05) is 32.2 Å². The molecule has 0 unspecified atom stereocenters. The van der Waals surface area contributed by atoms with Crippen LogP contribution in [0, 0.1) is 0 Å². The van der Waals surface area contributed by atoms with E-state index in [2.05, 4.69) is 12.2 Å². The Balaban J connectivity index is 1.73. The molecule has 0 aliphatic heterocycles. The van der Waals surface area contributed by atoms with Gasteiger partial charge in [0.1, 0.15) is 23.9 Å². The minimum Gasteiger partial charge on any atom is -0.497 e. The number of hydrogen-bond donors (Lipinski definition) is 1. The van der Waals surface area contributed by atoms with Gasteiger partial charge in [0.05, 0.1) is 13.7 Å². The summed E-state index contributed by atoms with van der Waals surface area (Å²) in [5.74, 6) is 2.56. The number of hydrogen-bond acceptors (Lipinski definition) is 4. The topological polar surface area (TPSA) is 39.7 Å². The third-order valence-corrected chi connectivity index (χ3v) is 3.07. The lowest BCUT2D eigenvalue weighted by atomic mass is 10.3. The van der Waals surface area contributed by atoms with Crippen LogP contribution in [0.3, 0.4) is 0 Å². The van der Waals surface area contributed by atoms with Gasteiger partial charge < -0.3 is 19.5 Å². The largest absolute Gasteiger partial charge is 0.497 e. The van der Waals surface area contributed by atoms with Gasteiger partial charge in [0.25, 0.3) is 0 Å². The smallest absolute Gasteiger partial charge is 0.121 e. The molecule has 4 nitrogen and oxygen atoms in total. The molecule has 0 aliphatic carbocycles. The highest BCUT2D eigenvalue weighted by molar-refractivity contribution is 5.48. The molecule has 0 fully saturated rings. The quantitative estimate of drug-likeness (QED) is 0.711. The van der Waals surface area contributed by atoms with E-state index in [9.17, 15) is 0 Å². The molecule has 2 aromatic rings. The minimum absolute atomic E-state index is 0.590. The molecule has 0 aliphatic rings. The van der Waals surface area contributed by atoms with E-state index in [1.54, 1.807) is 7.11 Å². The van der Waals surface area contributed by atoms with E-state index in [0.717, 1.165) is 42.5 Å². The van der Waals surface area contributed by atoms with Crippen LogP contribution in [-0.2, 0) is 0 Å². The number of nitrogens with one attached hydrogen (secondary N) is 1. The molecular formula is C18H23NO3. The minimum atomic E-state index is 0.590. The van der Waals surface area contributed by atoms with E-state index in [0.29, 0.717) is 6.61 Å². The van der Waals surface area contributed by atoms with Crippen LogP contribution in [0.15, 0.2) is 48.5 Å². The van der Waals surface area contributed by atoms with Crippen LogP contribution in [0.2, 0.25) is 0 Å². The summed E-state index contributed by atoms with van der Waals surface area (Å²) in [4.78, 5) is 0. The highest BCUT2D eigenvalue weighted by Gasteiger charge is 1.98. The lowest BCUT2D eigenvalue weighted by molar-refractivity contribution is 0.317. The number of benzene rings is 2. The second kappa shape index (κ2) is 8.82. The van der Waals surface area contributed by atoms with Crippen molar-refractivity contribution in [1.29, 1.82) is 0 Å². The Morgan fingerprint density at radius 3 is 2.32 bits per heavy atom. The van der Waals surface area contributed by atoms with Crippen LogP contribution in [0.4, 0.5) is 5.69 Å². The standard InChI is InChI=1S/C18H23NO3/c1-3-12-21-18-6-4-5-15(14-18)19-11-13-22-17-9-7-16(20-2)8-10-17/h4-10,14,19H,3,11-13H2,1-2H3. The van der Waals surface area contributed by atoms with E-state index >= 15 is 0 Å². The van der Waals surface area contributed by atoms with Gasteiger partial charge >= 0.3 is 0 Å². The number of anilines is 1. The van der Waals surface area contributed by atoms with Crippen molar-refractivity contribution in [2.24, 2.45) is 0 Å². The highest BCUT2D eigenvalue weighted by Crippen LogP contribution is 2.18. The molecule has 0 radical (unpaired) electrons. The Labute approximate surface area is 132 Å². The Bertz CT molecular complexity index is 555. The van der Waals surface area contributed by atoms with Crippen LogP contribution < -0.4 is 19.5 Å². The van der Waals surface area contributed by atoms with Crippen molar-refractivity contribution < 1.29 is 14.2 Å². The molecular weight excluding hydrogens is 278 g/mol. The molecule has 0 saturated heterocycles. The molecule has 2 rings (SSSR count). The monoisotopic (exact) mass is 301 g/mol. The molecule has 0 saturated carbocycles. The average molecular weight is 301 g/mol. The van der Waals surface area contributed by atoms with Gasteiger partial charge in [-0.2, -0.15) is 0 Å². The van der Waals surface area contributed by atoms with Gasteiger partial charge in [-0.1, -0.05) is 13.0 Å². The summed E-state index contributed by atoms with van der Waals surface area (Å²) in [6.45, 7) is 4.15. The molecule has 22 heavy (non-hydrogen) atoms.